The van der Waals surface area contributed by atoms with Gasteiger partial charge in [-0.05, 0) is 5.39 Å². The molecule has 0 aromatic heterocycles. The van der Waals surface area contributed by atoms with Crippen LogP contribution in [0.1, 0.15) is 15.9 Å². The van der Waals surface area contributed by atoms with Crippen molar-refractivity contribution in [2.75, 3.05) is 0 Å². The van der Waals surface area contributed by atoms with Crippen LogP contribution in [0.25, 0.3) is 10.8 Å². The van der Waals surface area contributed by atoms with Gasteiger partial charge in [0.15, 0.2) is 5.78 Å². The van der Waals surface area contributed by atoms with Crippen LogP contribution in [-0.2, 0) is 0 Å². The molecule has 1 nitrogen and oxygen atoms in total. The summed E-state index contributed by atoms with van der Waals surface area (Å²) in [7, 11) is 0. The normalized spacial score (nSPS) is 13.2. The number of carbonyl (C=O) groups excluding carboxylic acids is 1. The summed E-state index contributed by atoms with van der Waals surface area (Å²) in [4.78, 5) is 11.4. The lowest BCUT2D eigenvalue weighted by Crippen LogP contribution is -2.13. The van der Waals surface area contributed by atoms with E-state index in [2.05, 4.69) is 0 Å². The Labute approximate surface area is 69.6 Å². The molecule has 56 valence electrons. The Hall–Kier alpha value is -1.63. The summed E-state index contributed by atoms with van der Waals surface area (Å²) in [5.41, 5.74) is 1.76. The minimum absolute atomic E-state index is 0.191. The van der Waals surface area contributed by atoms with Gasteiger partial charge in [0.2, 0.25) is 0 Å². The fourth-order valence-corrected chi connectivity index (χ4v) is 1.80. The van der Waals surface area contributed by atoms with Gasteiger partial charge in [-0.15, -0.1) is 0 Å². The van der Waals surface area contributed by atoms with Crippen LogP contribution in [0.3, 0.4) is 0 Å². The van der Waals surface area contributed by atoms with Gasteiger partial charge in [0.1, 0.15) is 0 Å². The van der Waals surface area contributed by atoms with E-state index in [9.17, 15) is 4.79 Å². The first-order chi connectivity index (χ1) is 5.88. The quantitative estimate of drug-likeness (QED) is 0.486. The predicted octanol–water partition coefficient (Wildman–Crippen LogP) is 2.38. The maximum Gasteiger partial charge on any atom is 0.194 e. The summed E-state index contributed by atoms with van der Waals surface area (Å²) in [5, 5.41) is 2.31. The van der Waals surface area contributed by atoms with E-state index in [-0.39, 0.29) is 5.78 Å². The average molecular weight is 154 g/mol. The van der Waals surface area contributed by atoms with Gasteiger partial charge >= 0.3 is 0 Å². The van der Waals surface area contributed by atoms with Crippen molar-refractivity contribution >= 4 is 16.6 Å². The first-order valence-corrected chi connectivity index (χ1v) is 3.94. The standard InChI is InChI=1S/C11H6O/c12-11-8-5-1-3-7-4-2-6-9(11)10(7)8/h1-6H. The van der Waals surface area contributed by atoms with Gasteiger partial charge in [-0.2, -0.15) is 0 Å². The molecule has 1 heteroatoms. The van der Waals surface area contributed by atoms with E-state index < -0.39 is 0 Å². The highest BCUT2D eigenvalue weighted by molar-refractivity contribution is 6.31. The second-order valence-corrected chi connectivity index (χ2v) is 3.04. The third-order valence-corrected chi connectivity index (χ3v) is 2.39. The molecule has 3 rings (SSSR count). The topological polar surface area (TPSA) is 17.1 Å². The minimum Gasteiger partial charge on any atom is -0.289 e. The van der Waals surface area contributed by atoms with Crippen LogP contribution in [-0.4, -0.2) is 5.78 Å². The second-order valence-electron chi connectivity index (χ2n) is 3.04. The van der Waals surface area contributed by atoms with Gasteiger partial charge in [-0.3, -0.25) is 4.79 Å². The molecule has 0 atom stereocenters. The van der Waals surface area contributed by atoms with E-state index in [1.807, 2.05) is 36.4 Å². The van der Waals surface area contributed by atoms with Crippen LogP contribution < -0.4 is 0 Å². The van der Waals surface area contributed by atoms with Crippen LogP contribution >= 0.6 is 0 Å². The van der Waals surface area contributed by atoms with Crippen LogP contribution in [0.15, 0.2) is 36.4 Å². The lowest BCUT2D eigenvalue weighted by molar-refractivity contribution is 0.103. The van der Waals surface area contributed by atoms with Crippen molar-refractivity contribution < 1.29 is 4.79 Å². The highest BCUT2D eigenvalue weighted by Crippen LogP contribution is 2.33. The molecule has 1 aliphatic rings. The number of rotatable bonds is 0. The van der Waals surface area contributed by atoms with Crippen molar-refractivity contribution in [3.05, 3.63) is 47.5 Å². The van der Waals surface area contributed by atoms with E-state index in [1.54, 1.807) is 0 Å². The van der Waals surface area contributed by atoms with E-state index in [4.69, 9.17) is 0 Å². The molecule has 0 saturated carbocycles. The molecule has 0 aliphatic heterocycles. The van der Waals surface area contributed by atoms with Gasteiger partial charge in [-0.25, -0.2) is 0 Å². The zero-order valence-corrected chi connectivity index (χ0v) is 6.37. The highest BCUT2D eigenvalue weighted by atomic mass is 16.1. The van der Waals surface area contributed by atoms with Crippen LogP contribution in [0.5, 0.6) is 0 Å². The molecule has 0 saturated heterocycles. The zero-order valence-electron chi connectivity index (χ0n) is 6.37. The smallest absolute Gasteiger partial charge is 0.194 e. The van der Waals surface area contributed by atoms with E-state index >= 15 is 0 Å². The number of benzene rings is 2. The Bertz CT molecular complexity index is 457. The largest absolute Gasteiger partial charge is 0.289 e. The molecule has 0 spiro atoms. The Balaban J connectivity index is 2.62. The molecular formula is C11H6O. The van der Waals surface area contributed by atoms with Gasteiger partial charge in [0.25, 0.3) is 0 Å². The summed E-state index contributed by atoms with van der Waals surface area (Å²) >= 11 is 0. The third-order valence-electron chi connectivity index (χ3n) is 2.39. The van der Waals surface area contributed by atoms with Gasteiger partial charge < -0.3 is 0 Å². The number of hydrogen-bond acceptors (Lipinski definition) is 1. The molecule has 0 fully saturated rings. The molecule has 2 aromatic carbocycles. The number of hydrogen-bond donors (Lipinski definition) is 0. The predicted molar refractivity (Wildman–Crippen MR) is 47.4 cm³/mol. The average Bonchev–Trinajstić information content (AvgIpc) is 2.16. The Kier molecular flexibility index (Phi) is 0.867. The Morgan fingerprint density at radius 3 is 2.00 bits per heavy atom. The van der Waals surface area contributed by atoms with Crippen molar-refractivity contribution in [2.45, 2.75) is 0 Å². The lowest BCUT2D eigenvalue weighted by atomic mass is 9.84. The molecule has 0 amide bonds. The Morgan fingerprint density at radius 1 is 0.833 bits per heavy atom. The van der Waals surface area contributed by atoms with Crippen molar-refractivity contribution in [1.29, 1.82) is 0 Å². The first-order valence-electron chi connectivity index (χ1n) is 3.94. The highest BCUT2D eigenvalue weighted by Gasteiger charge is 2.25. The molecule has 0 heterocycles. The van der Waals surface area contributed by atoms with Crippen molar-refractivity contribution in [3.63, 3.8) is 0 Å². The molecule has 1 aliphatic carbocycles. The van der Waals surface area contributed by atoms with Crippen molar-refractivity contribution in [2.24, 2.45) is 0 Å². The molecule has 0 N–H and O–H groups in total. The maximum atomic E-state index is 11.4. The van der Waals surface area contributed by atoms with Crippen molar-refractivity contribution in [1.82, 2.24) is 0 Å². The first kappa shape index (κ1) is 5.95. The van der Waals surface area contributed by atoms with Crippen LogP contribution in [0.4, 0.5) is 0 Å². The number of ketones is 1. The van der Waals surface area contributed by atoms with Crippen LogP contribution in [0, 0.1) is 0 Å². The SMILES string of the molecule is O=C1c2cccc3cccc1c23. The fourth-order valence-electron chi connectivity index (χ4n) is 1.80. The van der Waals surface area contributed by atoms with E-state index in [1.165, 1.54) is 5.39 Å². The van der Waals surface area contributed by atoms with E-state index in [0.29, 0.717) is 0 Å². The minimum atomic E-state index is 0.191. The summed E-state index contributed by atoms with van der Waals surface area (Å²) in [6.07, 6.45) is 0. The number of carbonyl (C=O) groups is 1. The maximum absolute atomic E-state index is 11.4. The molecule has 0 radical (unpaired) electrons. The van der Waals surface area contributed by atoms with Gasteiger partial charge in [0.05, 0.1) is 0 Å². The van der Waals surface area contributed by atoms with Gasteiger partial charge in [0, 0.05) is 16.5 Å². The molecule has 2 aromatic rings. The van der Waals surface area contributed by atoms with Crippen LogP contribution in [0.2, 0.25) is 0 Å². The van der Waals surface area contributed by atoms with Crippen molar-refractivity contribution in [3.8, 4) is 0 Å². The second kappa shape index (κ2) is 1.75. The zero-order chi connectivity index (χ0) is 8.13. The molecule has 0 unspecified atom stereocenters. The third kappa shape index (κ3) is 0.493. The molecule has 0 bridgehead atoms. The summed E-state index contributed by atoms with van der Waals surface area (Å²) in [6, 6.07) is 11.7. The summed E-state index contributed by atoms with van der Waals surface area (Å²) in [5.74, 6) is 0.191. The molecular weight excluding hydrogens is 148 g/mol. The fraction of sp³-hybridized carbons (Fsp3) is 0. The van der Waals surface area contributed by atoms with Gasteiger partial charge in [-0.1, -0.05) is 36.4 Å². The molecule has 12 heavy (non-hydrogen) atoms. The van der Waals surface area contributed by atoms with E-state index in [0.717, 1.165) is 16.5 Å². The lowest BCUT2D eigenvalue weighted by Gasteiger charge is -2.17. The summed E-state index contributed by atoms with van der Waals surface area (Å²) < 4.78 is 0. The Morgan fingerprint density at radius 2 is 1.42 bits per heavy atom. The monoisotopic (exact) mass is 154 g/mol. The summed E-state index contributed by atoms with van der Waals surface area (Å²) in [6.45, 7) is 0.